The van der Waals surface area contributed by atoms with Gasteiger partial charge in [0, 0.05) is 12.1 Å². The maximum Gasteiger partial charge on any atom is 0.122 e. The summed E-state index contributed by atoms with van der Waals surface area (Å²) in [5.41, 5.74) is 2.64. The average molecular weight is 383 g/mol. The van der Waals surface area contributed by atoms with Crippen LogP contribution in [0.2, 0.25) is 0 Å². The van der Waals surface area contributed by atoms with Crippen molar-refractivity contribution in [1.29, 1.82) is 0 Å². The second kappa shape index (κ2) is 11.4. The molecule has 5 heteroatoms. The number of hydrogen-bond acceptors (Lipinski definition) is 3. The average Bonchev–Trinajstić information content (AvgIpc) is 2.63. The fourth-order valence-electron chi connectivity index (χ4n) is 3.42. The van der Waals surface area contributed by atoms with Crippen molar-refractivity contribution in [2.24, 2.45) is 0 Å². The minimum atomic E-state index is 0. The quantitative estimate of drug-likeness (QED) is 0.786. The largest absolute Gasteiger partial charge is 0.496 e. The summed E-state index contributed by atoms with van der Waals surface area (Å²) in [6.45, 7) is 2.07. The van der Waals surface area contributed by atoms with E-state index in [0.29, 0.717) is 12.1 Å². The van der Waals surface area contributed by atoms with Crippen molar-refractivity contribution in [1.82, 2.24) is 10.6 Å². The van der Waals surface area contributed by atoms with Crippen LogP contribution in [0.3, 0.4) is 0 Å². The molecule has 1 saturated heterocycles. The Morgan fingerprint density at radius 3 is 2.52 bits per heavy atom. The molecule has 0 spiro atoms. The Balaban J connectivity index is 0.00000156. The van der Waals surface area contributed by atoms with Crippen LogP contribution in [0.5, 0.6) is 5.75 Å². The van der Waals surface area contributed by atoms with Gasteiger partial charge in [-0.05, 0) is 49.5 Å². The molecule has 2 aromatic carbocycles. The van der Waals surface area contributed by atoms with Gasteiger partial charge < -0.3 is 15.4 Å². The van der Waals surface area contributed by atoms with Crippen LogP contribution in [0.15, 0.2) is 54.6 Å². The van der Waals surface area contributed by atoms with Crippen molar-refractivity contribution in [3.63, 3.8) is 0 Å². The maximum atomic E-state index is 5.44. The predicted molar refractivity (Wildman–Crippen MR) is 109 cm³/mol. The van der Waals surface area contributed by atoms with Crippen LogP contribution in [-0.4, -0.2) is 26.2 Å². The van der Waals surface area contributed by atoms with Crippen LogP contribution in [0.4, 0.5) is 0 Å². The zero-order chi connectivity index (χ0) is 15.9. The molecule has 3 rings (SSSR count). The first kappa shape index (κ1) is 21.8. The molecule has 0 bridgehead atoms. The van der Waals surface area contributed by atoms with Crippen molar-refractivity contribution >= 4 is 24.8 Å². The molecule has 0 radical (unpaired) electrons. The third-order valence-corrected chi connectivity index (χ3v) is 4.61. The van der Waals surface area contributed by atoms with Crippen molar-refractivity contribution in [3.05, 3.63) is 65.7 Å². The van der Waals surface area contributed by atoms with E-state index >= 15 is 0 Å². The molecule has 0 amide bonds. The smallest absolute Gasteiger partial charge is 0.122 e. The first-order chi connectivity index (χ1) is 11.4. The third-order valence-electron chi connectivity index (χ3n) is 4.61. The highest BCUT2D eigenvalue weighted by molar-refractivity contribution is 5.85. The number of ether oxygens (including phenoxy) is 1. The van der Waals surface area contributed by atoms with Gasteiger partial charge in [-0.2, -0.15) is 0 Å². The minimum absolute atomic E-state index is 0. The Morgan fingerprint density at radius 1 is 1.04 bits per heavy atom. The van der Waals surface area contributed by atoms with Gasteiger partial charge in [-0.15, -0.1) is 24.8 Å². The number of benzene rings is 2. The first-order valence-electron chi connectivity index (χ1n) is 8.52. The fraction of sp³-hybridized carbons (Fsp3) is 0.400. The Hall–Kier alpha value is -1.26. The summed E-state index contributed by atoms with van der Waals surface area (Å²) in [4.78, 5) is 0. The van der Waals surface area contributed by atoms with Gasteiger partial charge in [-0.25, -0.2) is 0 Å². The molecule has 1 heterocycles. The molecule has 0 saturated carbocycles. The third kappa shape index (κ3) is 5.89. The molecule has 0 aliphatic carbocycles. The molecule has 25 heavy (non-hydrogen) atoms. The molecule has 2 atom stereocenters. The van der Waals surface area contributed by atoms with E-state index in [2.05, 4.69) is 53.1 Å². The fourth-order valence-corrected chi connectivity index (χ4v) is 3.42. The summed E-state index contributed by atoms with van der Waals surface area (Å²) >= 11 is 0. The normalized spacial score (nSPS) is 19.4. The standard InChI is InChI=1S/C20H26N2O.2ClH/c1-23-19-12-6-5-8-16(19)13-15-21-18-11-7-14-22-20(18)17-9-3-2-4-10-17;;/h2-6,8-10,12,18,20-22H,7,11,13-15H2,1H3;2*1H. The van der Waals surface area contributed by atoms with Gasteiger partial charge in [-0.3, -0.25) is 0 Å². The lowest BCUT2D eigenvalue weighted by atomic mass is 9.92. The van der Waals surface area contributed by atoms with Crippen LogP contribution >= 0.6 is 24.8 Å². The molecular formula is C20H28Cl2N2O. The number of piperidine rings is 1. The molecule has 2 aromatic rings. The summed E-state index contributed by atoms with van der Waals surface area (Å²) < 4.78 is 5.44. The van der Waals surface area contributed by atoms with Gasteiger partial charge in [0.15, 0.2) is 0 Å². The first-order valence-corrected chi connectivity index (χ1v) is 8.52. The lowest BCUT2D eigenvalue weighted by Crippen LogP contribution is -2.46. The van der Waals surface area contributed by atoms with E-state index in [1.165, 1.54) is 24.0 Å². The van der Waals surface area contributed by atoms with Gasteiger partial charge in [0.2, 0.25) is 0 Å². The second-order valence-corrected chi connectivity index (χ2v) is 6.11. The molecule has 2 unspecified atom stereocenters. The van der Waals surface area contributed by atoms with E-state index in [4.69, 9.17) is 4.74 Å². The van der Waals surface area contributed by atoms with Gasteiger partial charge in [0.1, 0.15) is 5.75 Å². The Morgan fingerprint density at radius 2 is 1.76 bits per heavy atom. The molecule has 1 aliphatic heterocycles. The van der Waals surface area contributed by atoms with Gasteiger partial charge in [0.25, 0.3) is 0 Å². The summed E-state index contributed by atoms with van der Waals surface area (Å²) in [5, 5.41) is 7.42. The van der Waals surface area contributed by atoms with Crippen LogP contribution in [0.25, 0.3) is 0 Å². The van der Waals surface area contributed by atoms with E-state index in [1.54, 1.807) is 7.11 Å². The van der Waals surface area contributed by atoms with E-state index < -0.39 is 0 Å². The van der Waals surface area contributed by atoms with E-state index in [-0.39, 0.29) is 24.8 Å². The van der Waals surface area contributed by atoms with E-state index in [9.17, 15) is 0 Å². The van der Waals surface area contributed by atoms with Crippen LogP contribution in [-0.2, 0) is 6.42 Å². The number of hydrogen-bond donors (Lipinski definition) is 2. The molecule has 138 valence electrons. The summed E-state index contributed by atoms with van der Waals surface area (Å²) in [5.74, 6) is 0.982. The van der Waals surface area contributed by atoms with Crippen molar-refractivity contribution < 1.29 is 4.74 Å². The van der Waals surface area contributed by atoms with Crippen LogP contribution < -0.4 is 15.4 Å². The predicted octanol–water partition coefficient (Wildman–Crippen LogP) is 4.16. The number of rotatable bonds is 6. The number of para-hydroxylation sites is 1. The topological polar surface area (TPSA) is 33.3 Å². The molecular weight excluding hydrogens is 355 g/mol. The summed E-state index contributed by atoms with van der Waals surface area (Å²) in [7, 11) is 1.74. The summed E-state index contributed by atoms with van der Waals surface area (Å²) in [6.07, 6.45) is 3.44. The van der Waals surface area contributed by atoms with Crippen molar-refractivity contribution in [3.8, 4) is 5.75 Å². The molecule has 1 aliphatic rings. The van der Waals surface area contributed by atoms with Gasteiger partial charge in [-0.1, -0.05) is 48.5 Å². The van der Waals surface area contributed by atoms with Gasteiger partial charge in [0.05, 0.1) is 7.11 Å². The van der Waals surface area contributed by atoms with Crippen molar-refractivity contribution in [2.45, 2.75) is 31.3 Å². The lowest BCUT2D eigenvalue weighted by Gasteiger charge is -2.34. The minimum Gasteiger partial charge on any atom is -0.496 e. The Bertz CT molecular complexity index is 610. The Labute approximate surface area is 163 Å². The SMILES string of the molecule is COc1ccccc1CCNC1CCCNC1c1ccccc1.Cl.Cl. The monoisotopic (exact) mass is 382 g/mol. The molecule has 1 fully saturated rings. The number of nitrogens with one attached hydrogen (secondary N) is 2. The van der Waals surface area contributed by atoms with Crippen molar-refractivity contribution in [2.75, 3.05) is 20.2 Å². The van der Waals surface area contributed by atoms with Crippen LogP contribution in [0.1, 0.15) is 30.0 Å². The number of methoxy groups -OCH3 is 1. The Kier molecular flexibility index (Phi) is 9.91. The zero-order valence-electron chi connectivity index (χ0n) is 14.6. The zero-order valence-corrected chi connectivity index (χ0v) is 16.2. The highest BCUT2D eigenvalue weighted by atomic mass is 35.5. The molecule has 2 N–H and O–H groups in total. The molecule has 0 aromatic heterocycles. The lowest BCUT2D eigenvalue weighted by molar-refractivity contribution is 0.307. The highest BCUT2D eigenvalue weighted by Gasteiger charge is 2.25. The number of halogens is 2. The molecule has 3 nitrogen and oxygen atoms in total. The van der Waals surface area contributed by atoms with Gasteiger partial charge >= 0.3 is 0 Å². The highest BCUT2D eigenvalue weighted by Crippen LogP contribution is 2.24. The van der Waals surface area contributed by atoms with E-state index in [1.807, 2.05) is 12.1 Å². The van der Waals surface area contributed by atoms with Crippen LogP contribution in [0, 0.1) is 0 Å². The second-order valence-electron chi connectivity index (χ2n) is 6.11. The van der Waals surface area contributed by atoms with E-state index in [0.717, 1.165) is 25.3 Å². The summed E-state index contributed by atoms with van der Waals surface area (Å²) in [6, 6.07) is 19.9. The maximum absolute atomic E-state index is 5.44.